The quantitative estimate of drug-likeness (QED) is 0.783. The Kier molecular flexibility index (Phi) is 2.39. The van der Waals surface area contributed by atoms with Crippen LogP contribution in [0.2, 0.25) is 0 Å². The zero-order valence-corrected chi connectivity index (χ0v) is 10.2. The molecule has 0 N–H and O–H groups in total. The van der Waals surface area contributed by atoms with Gasteiger partial charge in [-0.1, -0.05) is 0 Å². The highest BCUT2D eigenvalue weighted by atomic mass is 79.9. The second-order valence-electron chi connectivity index (χ2n) is 4.11. The molecule has 3 rings (SSSR count). The number of Topliss-reactive ketones (excluding diaryl/α,β-unsaturated/α-hetero) is 1. The number of hydrogen-bond acceptors (Lipinski definition) is 3. The van der Waals surface area contributed by atoms with Gasteiger partial charge in [-0.05, 0) is 40.9 Å². The van der Waals surface area contributed by atoms with E-state index in [1.807, 2.05) is 6.07 Å². The number of halogens is 1. The molecule has 0 aromatic heterocycles. The van der Waals surface area contributed by atoms with E-state index < -0.39 is 0 Å². The van der Waals surface area contributed by atoms with Crippen molar-refractivity contribution < 1.29 is 14.3 Å². The average Bonchev–Trinajstić information content (AvgIpc) is 3.11. The Morgan fingerprint density at radius 2 is 1.81 bits per heavy atom. The summed E-state index contributed by atoms with van der Waals surface area (Å²) in [5, 5.41) is 0. The third-order valence-corrected chi connectivity index (χ3v) is 3.50. The lowest BCUT2D eigenvalue weighted by Crippen LogP contribution is -2.16. The van der Waals surface area contributed by atoms with Crippen molar-refractivity contribution in [2.75, 3.05) is 13.2 Å². The van der Waals surface area contributed by atoms with Gasteiger partial charge in [-0.15, -0.1) is 0 Å². The molecule has 1 aromatic rings. The van der Waals surface area contributed by atoms with Crippen molar-refractivity contribution >= 4 is 21.7 Å². The molecular formula is C12H11BrO3. The average molecular weight is 283 g/mol. The van der Waals surface area contributed by atoms with E-state index in [1.54, 1.807) is 6.07 Å². The predicted molar refractivity (Wildman–Crippen MR) is 62.2 cm³/mol. The number of hydrogen-bond donors (Lipinski definition) is 0. The molecule has 0 radical (unpaired) electrons. The number of benzene rings is 1. The topological polar surface area (TPSA) is 35.5 Å². The van der Waals surface area contributed by atoms with E-state index in [2.05, 4.69) is 15.9 Å². The molecule has 0 amide bonds. The lowest BCUT2D eigenvalue weighted by Gasteiger charge is -2.19. The van der Waals surface area contributed by atoms with Crippen LogP contribution in [0, 0.1) is 5.92 Å². The van der Waals surface area contributed by atoms with Gasteiger partial charge in [0.25, 0.3) is 0 Å². The summed E-state index contributed by atoms with van der Waals surface area (Å²) in [6, 6.07) is 3.61. The van der Waals surface area contributed by atoms with Crippen LogP contribution < -0.4 is 9.47 Å². The van der Waals surface area contributed by atoms with Crippen LogP contribution in [0.15, 0.2) is 16.6 Å². The Morgan fingerprint density at radius 3 is 2.44 bits per heavy atom. The van der Waals surface area contributed by atoms with E-state index in [0.717, 1.165) is 17.3 Å². The first-order chi connectivity index (χ1) is 7.75. The highest BCUT2D eigenvalue weighted by Crippen LogP contribution is 2.40. The van der Waals surface area contributed by atoms with E-state index in [9.17, 15) is 4.79 Å². The normalized spacial score (nSPS) is 18.3. The molecule has 1 heterocycles. The van der Waals surface area contributed by atoms with Crippen molar-refractivity contribution in [3.63, 3.8) is 0 Å². The van der Waals surface area contributed by atoms with Crippen LogP contribution in [0.1, 0.15) is 23.2 Å². The molecule has 2 aliphatic rings. The van der Waals surface area contributed by atoms with Gasteiger partial charge in [0.1, 0.15) is 13.2 Å². The summed E-state index contributed by atoms with van der Waals surface area (Å²) in [6.07, 6.45) is 2.03. The van der Waals surface area contributed by atoms with E-state index in [4.69, 9.17) is 9.47 Å². The summed E-state index contributed by atoms with van der Waals surface area (Å²) in [6.45, 7) is 1.11. The fourth-order valence-corrected chi connectivity index (χ4v) is 2.34. The summed E-state index contributed by atoms with van der Waals surface area (Å²) < 4.78 is 11.7. The Bertz CT molecular complexity index is 452. The van der Waals surface area contributed by atoms with Crippen molar-refractivity contribution in [1.82, 2.24) is 0 Å². The second kappa shape index (κ2) is 3.77. The minimum atomic E-state index is 0.212. The van der Waals surface area contributed by atoms with Crippen molar-refractivity contribution in [3.8, 4) is 11.5 Å². The molecule has 4 heteroatoms. The molecule has 1 aliphatic heterocycles. The monoisotopic (exact) mass is 282 g/mol. The van der Waals surface area contributed by atoms with Crippen molar-refractivity contribution in [2.24, 2.45) is 5.92 Å². The fourth-order valence-electron chi connectivity index (χ4n) is 1.82. The molecule has 0 bridgehead atoms. The number of carbonyl (C=O) groups excluding carboxylic acids is 1. The van der Waals surface area contributed by atoms with Gasteiger partial charge in [0, 0.05) is 16.0 Å². The molecule has 0 unspecified atom stereocenters. The largest absolute Gasteiger partial charge is 0.486 e. The maximum atomic E-state index is 12.0. The first kappa shape index (κ1) is 10.1. The van der Waals surface area contributed by atoms with Gasteiger partial charge in [0.2, 0.25) is 0 Å². The first-order valence-electron chi connectivity index (χ1n) is 5.39. The van der Waals surface area contributed by atoms with Gasteiger partial charge < -0.3 is 9.47 Å². The van der Waals surface area contributed by atoms with E-state index in [-0.39, 0.29) is 11.7 Å². The number of carbonyl (C=O) groups is 1. The molecule has 1 fully saturated rings. The lowest BCUT2D eigenvalue weighted by molar-refractivity contribution is 0.0965. The number of ketones is 1. The van der Waals surface area contributed by atoms with Crippen LogP contribution in [0.3, 0.4) is 0 Å². The van der Waals surface area contributed by atoms with Crippen molar-refractivity contribution in [1.29, 1.82) is 0 Å². The van der Waals surface area contributed by atoms with Gasteiger partial charge in [0.15, 0.2) is 17.3 Å². The van der Waals surface area contributed by atoms with Crippen molar-refractivity contribution in [2.45, 2.75) is 12.8 Å². The fraction of sp³-hybridized carbons (Fsp3) is 0.417. The van der Waals surface area contributed by atoms with Crippen LogP contribution in [-0.4, -0.2) is 19.0 Å². The summed E-state index contributed by atoms with van der Waals surface area (Å²) in [4.78, 5) is 12.0. The highest BCUT2D eigenvalue weighted by Gasteiger charge is 2.32. The second-order valence-corrected chi connectivity index (χ2v) is 4.97. The molecule has 1 saturated carbocycles. The molecule has 1 aromatic carbocycles. The van der Waals surface area contributed by atoms with Crippen molar-refractivity contribution in [3.05, 3.63) is 22.2 Å². The van der Waals surface area contributed by atoms with Crippen LogP contribution in [0.25, 0.3) is 0 Å². The zero-order valence-electron chi connectivity index (χ0n) is 8.66. The third kappa shape index (κ3) is 1.71. The van der Waals surface area contributed by atoms with E-state index >= 15 is 0 Å². The smallest absolute Gasteiger partial charge is 0.167 e. The Morgan fingerprint density at radius 1 is 1.19 bits per heavy atom. The SMILES string of the molecule is O=C(c1cc2c(cc1Br)OCCO2)C1CC1. The number of rotatable bonds is 2. The summed E-state index contributed by atoms with van der Waals surface area (Å²) >= 11 is 3.42. The number of ether oxygens (including phenoxy) is 2. The van der Waals surface area contributed by atoms with Crippen LogP contribution in [-0.2, 0) is 0 Å². The molecule has 16 heavy (non-hydrogen) atoms. The molecule has 1 aliphatic carbocycles. The third-order valence-electron chi connectivity index (χ3n) is 2.85. The lowest BCUT2D eigenvalue weighted by atomic mass is 10.1. The van der Waals surface area contributed by atoms with Crippen LogP contribution in [0.4, 0.5) is 0 Å². The molecule has 0 saturated heterocycles. The maximum absolute atomic E-state index is 12.0. The molecule has 3 nitrogen and oxygen atoms in total. The Hall–Kier alpha value is -1.03. The standard InChI is InChI=1S/C12H11BrO3/c13-9-6-11-10(15-3-4-16-11)5-8(9)12(14)7-1-2-7/h5-7H,1-4H2. The van der Waals surface area contributed by atoms with E-state index in [1.165, 1.54) is 0 Å². The molecular weight excluding hydrogens is 272 g/mol. The Labute approximate surface area is 102 Å². The summed E-state index contributed by atoms with van der Waals surface area (Å²) in [5.41, 5.74) is 0.715. The van der Waals surface area contributed by atoms with E-state index in [0.29, 0.717) is 30.3 Å². The zero-order chi connectivity index (χ0) is 11.1. The summed E-state index contributed by atoms with van der Waals surface area (Å²) in [5.74, 6) is 1.83. The molecule has 0 spiro atoms. The first-order valence-corrected chi connectivity index (χ1v) is 6.18. The minimum Gasteiger partial charge on any atom is -0.486 e. The van der Waals surface area contributed by atoms with Gasteiger partial charge >= 0.3 is 0 Å². The van der Waals surface area contributed by atoms with Crippen LogP contribution in [0.5, 0.6) is 11.5 Å². The van der Waals surface area contributed by atoms with Gasteiger partial charge in [0.05, 0.1) is 0 Å². The predicted octanol–water partition coefficient (Wildman–Crippen LogP) is 2.81. The highest BCUT2D eigenvalue weighted by molar-refractivity contribution is 9.10. The van der Waals surface area contributed by atoms with Crippen LogP contribution >= 0.6 is 15.9 Å². The number of fused-ring (bicyclic) bond motifs is 1. The molecule has 84 valence electrons. The Balaban J connectivity index is 2.01. The van der Waals surface area contributed by atoms with Gasteiger partial charge in [-0.25, -0.2) is 0 Å². The minimum absolute atomic E-state index is 0.212. The molecule has 0 atom stereocenters. The van der Waals surface area contributed by atoms with Gasteiger partial charge in [-0.3, -0.25) is 4.79 Å². The maximum Gasteiger partial charge on any atom is 0.167 e. The summed E-state index contributed by atoms with van der Waals surface area (Å²) in [7, 11) is 0. The van der Waals surface area contributed by atoms with Gasteiger partial charge in [-0.2, -0.15) is 0 Å².